The molecule has 0 saturated heterocycles. The Morgan fingerprint density at radius 2 is 2.30 bits per heavy atom. The Balaban J connectivity index is 2.71. The van der Waals surface area contributed by atoms with E-state index in [0.717, 1.165) is 12.8 Å². The number of unbranched alkanes of at least 4 members (excludes halogenated alkanes) is 1. The summed E-state index contributed by atoms with van der Waals surface area (Å²) in [6, 6.07) is 4.44. The van der Waals surface area contributed by atoms with Gasteiger partial charge >= 0.3 is 5.69 Å². The summed E-state index contributed by atoms with van der Waals surface area (Å²) in [5.74, 6) is 0.00485. The SMILES string of the molecule is CCCCC(=O)N/N=C/c1ccc(OC)c([N+](=O)[O-])c1. The lowest BCUT2D eigenvalue weighted by atomic mass is 10.2. The smallest absolute Gasteiger partial charge is 0.311 e. The molecule has 20 heavy (non-hydrogen) atoms. The third-order valence-electron chi connectivity index (χ3n) is 2.56. The number of methoxy groups -OCH3 is 1. The normalized spacial score (nSPS) is 10.5. The van der Waals surface area contributed by atoms with E-state index in [0.29, 0.717) is 12.0 Å². The fraction of sp³-hybridized carbons (Fsp3) is 0.385. The van der Waals surface area contributed by atoms with E-state index < -0.39 is 4.92 Å². The lowest BCUT2D eigenvalue weighted by molar-refractivity contribution is -0.385. The lowest BCUT2D eigenvalue weighted by Gasteiger charge is -2.02. The van der Waals surface area contributed by atoms with Gasteiger partial charge < -0.3 is 4.74 Å². The van der Waals surface area contributed by atoms with Gasteiger partial charge in [0.05, 0.1) is 18.2 Å². The number of nitrogens with zero attached hydrogens (tertiary/aromatic N) is 2. The molecule has 1 rings (SSSR count). The highest BCUT2D eigenvalue weighted by atomic mass is 16.6. The van der Waals surface area contributed by atoms with Crippen molar-refractivity contribution in [2.75, 3.05) is 7.11 Å². The van der Waals surface area contributed by atoms with Gasteiger partial charge in [0.1, 0.15) is 0 Å². The molecule has 7 nitrogen and oxygen atoms in total. The Bertz CT molecular complexity index is 514. The molecule has 108 valence electrons. The molecule has 0 unspecified atom stereocenters. The second-order valence-electron chi connectivity index (χ2n) is 4.09. The molecule has 0 aliphatic rings. The Morgan fingerprint density at radius 3 is 2.90 bits per heavy atom. The molecule has 0 aliphatic carbocycles. The summed E-state index contributed by atoms with van der Waals surface area (Å²) in [6.45, 7) is 1.99. The third kappa shape index (κ3) is 4.68. The van der Waals surface area contributed by atoms with E-state index in [1.165, 1.54) is 25.5 Å². The Morgan fingerprint density at radius 1 is 1.55 bits per heavy atom. The first-order chi connectivity index (χ1) is 9.58. The minimum absolute atomic E-state index is 0.145. The van der Waals surface area contributed by atoms with Crippen molar-refractivity contribution in [1.82, 2.24) is 5.43 Å². The zero-order chi connectivity index (χ0) is 15.0. The van der Waals surface area contributed by atoms with Crippen LogP contribution >= 0.6 is 0 Å². The van der Waals surface area contributed by atoms with Crippen molar-refractivity contribution in [2.24, 2.45) is 5.10 Å². The van der Waals surface area contributed by atoms with Gasteiger partial charge in [-0.25, -0.2) is 5.43 Å². The molecule has 7 heteroatoms. The minimum atomic E-state index is -0.532. The number of hydrazone groups is 1. The van der Waals surface area contributed by atoms with Crippen molar-refractivity contribution in [3.8, 4) is 5.75 Å². The third-order valence-corrected chi connectivity index (χ3v) is 2.56. The van der Waals surface area contributed by atoms with Crippen LogP contribution in [-0.2, 0) is 4.79 Å². The highest BCUT2D eigenvalue weighted by Gasteiger charge is 2.14. The van der Waals surface area contributed by atoms with Gasteiger partial charge in [0.2, 0.25) is 5.91 Å². The monoisotopic (exact) mass is 279 g/mol. The fourth-order valence-corrected chi connectivity index (χ4v) is 1.50. The molecule has 1 aromatic carbocycles. The summed E-state index contributed by atoms with van der Waals surface area (Å²) in [5.41, 5.74) is 2.74. The number of carbonyl (C=O) groups is 1. The van der Waals surface area contributed by atoms with Crippen LogP contribution in [0.3, 0.4) is 0 Å². The van der Waals surface area contributed by atoms with E-state index in [-0.39, 0.29) is 17.3 Å². The van der Waals surface area contributed by atoms with Gasteiger partial charge in [0.25, 0.3) is 0 Å². The van der Waals surface area contributed by atoms with Crippen molar-refractivity contribution >= 4 is 17.8 Å². The van der Waals surface area contributed by atoms with E-state index in [4.69, 9.17) is 4.74 Å². The van der Waals surface area contributed by atoms with E-state index in [2.05, 4.69) is 10.5 Å². The Hall–Kier alpha value is -2.44. The molecule has 1 N–H and O–H groups in total. The van der Waals surface area contributed by atoms with Crippen LogP contribution < -0.4 is 10.2 Å². The van der Waals surface area contributed by atoms with Gasteiger partial charge in [-0.05, 0) is 18.6 Å². The van der Waals surface area contributed by atoms with Gasteiger partial charge in [-0.15, -0.1) is 0 Å². The summed E-state index contributed by atoms with van der Waals surface area (Å²) >= 11 is 0. The van der Waals surface area contributed by atoms with Crippen LogP contribution in [0, 0.1) is 10.1 Å². The molecule has 0 bridgehead atoms. The molecule has 0 aromatic heterocycles. The number of hydrogen-bond donors (Lipinski definition) is 1. The number of carbonyl (C=O) groups excluding carboxylic acids is 1. The first-order valence-electron chi connectivity index (χ1n) is 6.22. The van der Waals surface area contributed by atoms with Crippen molar-refractivity contribution < 1.29 is 14.5 Å². The summed E-state index contributed by atoms with van der Waals surface area (Å²) in [6.07, 6.45) is 3.50. The molecular weight excluding hydrogens is 262 g/mol. The van der Waals surface area contributed by atoms with Crippen LogP contribution in [0.5, 0.6) is 5.75 Å². The average molecular weight is 279 g/mol. The molecular formula is C13H17N3O4. The van der Waals surface area contributed by atoms with E-state index >= 15 is 0 Å². The number of ether oxygens (including phenoxy) is 1. The predicted octanol–water partition coefficient (Wildman–Crippen LogP) is 2.24. The maximum atomic E-state index is 11.3. The molecule has 0 saturated carbocycles. The van der Waals surface area contributed by atoms with Crippen LogP contribution in [0.1, 0.15) is 31.7 Å². The van der Waals surface area contributed by atoms with Gasteiger partial charge in [-0.3, -0.25) is 14.9 Å². The highest BCUT2D eigenvalue weighted by Crippen LogP contribution is 2.26. The summed E-state index contributed by atoms with van der Waals surface area (Å²) in [4.78, 5) is 21.6. The van der Waals surface area contributed by atoms with Crippen molar-refractivity contribution in [3.63, 3.8) is 0 Å². The number of benzene rings is 1. The number of nitro benzene ring substituents is 1. The highest BCUT2D eigenvalue weighted by molar-refractivity contribution is 5.83. The van der Waals surface area contributed by atoms with Gasteiger partial charge in [-0.1, -0.05) is 13.3 Å². The summed E-state index contributed by atoms with van der Waals surface area (Å²) in [5, 5.41) is 14.6. The van der Waals surface area contributed by atoms with E-state index in [1.54, 1.807) is 6.07 Å². The lowest BCUT2D eigenvalue weighted by Crippen LogP contribution is -2.16. The van der Waals surface area contributed by atoms with Crippen molar-refractivity contribution in [2.45, 2.75) is 26.2 Å². The van der Waals surface area contributed by atoms with Crippen molar-refractivity contribution in [1.29, 1.82) is 0 Å². The average Bonchev–Trinajstić information content (AvgIpc) is 2.44. The first-order valence-corrected chi connectivity index (χ1v) is 6.22. The van der Waals surface area contributed by atoms with Crippen LogP contribution in [-0.4, -0.2) is 24.2 Å². The zero-order valence-corrected chi connectivity index (χ0v) is 11.5. The van der Waals surface area contributed by atoms with Gasteiger partial charge in [0.15, 0.2) is 5.75 Å². The van der Waals surface area contributed by atoms with Crippen LogP contribution in [0.2, 0.25) is 0 Å². The first kappa shape index (κ1) is 15.6. The van der Waals surface area contributed by atoms with Crippen LogP contribution in [0.15, 0.2) is 23.3 Å². The number of nitrogens with one attached hydrogen (secondary N) is 1. The molecule has 0 spiro atoms. The summed E-state index contributed by atoms with van der Waals surface area (Å²) < 4.78 is 4.89. The minimum Gasteiger partial charge on any atom is -0.490 e. The Labute approximate surface area is 116 Å². The topological polar surface area (TPSA) is 93.8 Å². The van der Waals surface area contributed by atoms with Crippen LogP contribution in [0.25, 0.3) is 0 Å². The largest absolute Gasteiger partial charge is 0.490 e. The van der Waals surface area contributed by atoms with Crippen LogP contribution in [0.4, 0.5) is 5.69 Å². The molecule has 1 aromatic rings. The predicted molar refractivity (Wildman–Crippen MR) is 74.9 cm³/mol. The van der Waals surface area contributed by atoms with Crippen molar-refractivity contribution in [3.05, 3.63) is 33.9 Å². The molecule has 1 amide bonds. The molecule has 0 aliphatic heterocycles. The number of nitro groups is 1. The molecule has 0 fully saturated rings. The van der Waals surface area contributed by atoms with Gasteiger partial charge in [-0.2, -0.15) is 5.10 Å². The van der Waals surface area contributed by atoms with E-state index in [9.17, 15) is 14.9 Å². The number of hydrogen-bond acceptors (Lipinski definition) is 5. The number of rotatable bonds is 7. The maximum absolute atomic E-state index is 11.3. The fourth-order valence-electron chi connectivity index (χ4n) is 1.50. The van der Waals surface area contributed by atoms with Gasteiger partial charge in [0, 0.05) is 18.1 Å². The molecule has 0 heterocycles. The van der Waals surface area contributed by atoms with E-state index in [1.807, 2.05) is 6.92 Å². The second-order valence-corrected chi connectivity index (χ2v) is 4.09. The standard InChI is InChI=1S/C13H17N3O4/c1-3-4-5-13(17)15-14-9-10-6-7-12(20-2)11(8-10)16(18)19/h6-9H,3-5H2,1-2H3,(H,15,17)/b14-9+. The quantitative estimate of drug-likeness (QED) is 0.470. The molecule has 0 radical (unpaired) electrons. The second kappa shape index (κ2) is 7.88. The maximum Gasteiger partial charge on any atom is 0.311 e. The summed E-state index contributed by atoms with van der Waals surface area (Å²) in [7, 11) is 1.37. The zero-order valence-electron chi connectivity index (χ0n) is 11.5. The Kier molecular flexibility index (Phi) is 6.15. The number of amides is 1. The molecule has 0 atom stereocenters.